The molecule has 2 aromatic heterocycles. The monoisotopic (exact) mass is 437 g/mol. The fourth-order valence-corrected chi connectivity index (χ4v) is 5.43. The summed E-state index contributed by atoms with van der Waals surface area (Å²) in [7, 11) is 0. The van der Waals surface area contributed by atoms with Gasteiger partial charge in [-0.25, -0.2) is 4.57 Å². The van der Waals surface area contributed by atoms with Crippen LogP contribution in [0.4, 0.5) is 0 Å². The van der Waals surface area contributed by atoms with Crippen LogP contribution in [0.1, 0.15) is 62.0 Å². The molecular weight excluding hydrogens is 404 g/mol. The van der Waals surface area contributed by atoms with Gasteiger partial charge in [0, 0.05) is 23.3 Å². The SMILES string of the molecule is Cc1cc2c(oc3ccccc32)c(C)c1-[n+]1cc(C)n(C(C)C)c1-c1ccccc1C(C)C. The lowest BCUT2D eigenvalue weighted by Crippen LogP contribution is -2.34. The van der Waals surface area contributed by atoms with E-state index in [2.05, 4.69) is 112 Å². The quantitative estimate of drug-likeness (QED) is 0.261. The van der Waals surface area contributed by atoms with Crippen LogP contribution in [-0.4, -0.2) is 4.57 Å². The van der Waals surface area contributed by atoms with Crippen LogP contribution in [0, 0.1) is 20.8 Å². The van der Waals surface area contributed by atoms with E-state index in [1.165, 1.54) is 50.2 Å². The molecule has 3 nitrogen and oxygen atoms in total. The number of hydrogen-bond acceptors (Lipinski definition) is 1. The van der Waals surface area contributed by atoms with E-state index in [1.54, 1.807) is 0 Å². The van der Waals surface area contributed by atoms with Gasteiger partial charge in [-0.1, -0.05) is 50.2 Å². The van der Waals surface area contributed by atoms with Gasteiger partial charge in [-0.2, -0.15) is 4.57 Å². The van der Waals surface area contributed by atoms with E-state index in [-0.39, 0.29) is 0 Å². The summed E-state index contributed by atoms with van der Waals surface area (Å²) in [6, 6.07) is 19.8. The van der Waals surface area contributed by atoms with Gasteiger partial charge in [-0.05, 0) is 62.9 Å². The summed E-state index contributed by atoms with van der Waals surface area (Å²) in [6.45, 7) is 15.7. The van der Waals surface area contributed by atoms with E-state index in [0.717, 1.165) is 11.2 Å². The minimum absolute atomic E-state index is 0.344. The van der Waals surface area contributed by atoms with Gasteiger partial charge in [0.2, 0.25) is 0 Å². The Morgan fingerprint density at radius 2 is 1.55 bits per heavy atom. The van der Waals surface area contributed by atoms with Crippen molar-refractivity contribution in [1.29, 1.82) is 0 Å². The van der Waals surface area contributed by atoms with Gasteiger partial charge >= 0.3 is 0 Å². The number of aromatic nitrogens is 2. The highest BCUT2D eigenvalue weighted by atomic mass is 16.3. The van der Waals surface area contributed by atoms with Crippen LogP contribution in [0.15, 0.2) is 65.2 Å². The van der Waals surface area contributed by atoms with Crippen molar-refractivity contribution in [2.75, 3.05) is 0 Å². The molecule has 168 valence electrons. The molecule has 33 heavy (non-hydrogen) atoms. The molecule has 0 bridgehead atoms. The Hall–Kier alpha value is -3.33. The molecule has 0 aliphatic rings. The van der Waals surface area contributed by atoms with E-state index in [1.807, 2.05) is 6.07 Å². The van der Waals surface area contributed by atoms with Crippen LogP contribution in [0.3, 0.4) is 0 Å². The van der Waals surface area contributed by atoms with E-state index in [4.69, 9.17) is 4.42 Å². The smallest absolute Gasteiger partial charge is 0.294 e. The van der Waals surface area contributed by atoms with E-state index >= 15 is 0 Å². The molecule has 0 unspecified atom stereocenters. The third-order valence-electron chi connectivity index (χ3n) is 6.80. The number of para-hydroxylation sites is 1. The van der Waals surface area contributed by atoms with Crippen molar-refractivity contribution in [2.45, 2.75) is 60.4 Å². The molecule has 0 spiro atoms. The minimum atomic E-state index is 0.344. The average Bonchev–Trinajstić information content (AvgIpc) is 3.32. The summed E-state index contributed by atoms with van der Waals surface area (Å²) in [5.41, 5.74) is 9.46. The maximum atomic E-state index is 6.37. The predicted octanol–water partition coefficient (Wildman–Crippen LogP) is 7.96. The van der Waals surface area contributed by atoms with Crippen molar-refractivity contribution < 1.29 is 8.98 Å². The predicted molar refractivity (Wildman–Crippen MR) is 137 cm³/mol. The first-order valence-electron chi connectivity index (χ1n) is 11.9. The summed E-state index contributed by atoms with van der Waals surface area (Å²) in [4.78, 5) is 0. The molecule has 5 aromatic rings. The van der Waals surface area contributed by atoms with Crippen molar-refractivity contribution >= 4 is 21.9 Å². The lowest BCUT2D eigenvalue weighted by Gasteiger charge is -2.15. The Morgan fingerprint density at radius 1 is 0.848 bits per heavy atom. The number of nitrogens with zero attached hydrogens (tertiary/aromatic N) is 2. The number of hydrogen-bond donors (Lipinski definition) is 0. The van der Waals surface area contributed by atoms with Crippen molar-refractivity contribution in [2.24, 2.45) is 0 Å². The molecule has 2 heterocycles. The molecule has 0 radical (unpaired) electrons. The molecule has 0 aliphatic heterocycles. The molecular formula is C30H33N2O+. The van der Waals surface area contributed by atoms with Crippen molar-refractivity contribution in [1.82, 2.24) is 4.57 Å². The van der Waals surface area contributed by atoms with Crippen LogP contribution >= 0.6 is 0 Å². The summed E-state index contributed by atoms with van der Waals surface area (Å²) < 4.78 is 11.2. The first-order chi connectivity index (χ1) is 15.8. The zero-order valence-corrected chi connectivity index (χ0v) is 20.7. The Balaban J connectivity index is 1.88. The summed E-state index contributed by atoms with van der Waals surface area (Å²) in [5, 5.41) is 2.37. The molecule has 3 aromatic carbocycles. The number of aryl methyl sites for hydroxylation is 3. The molecule has 0 atom stereocenters. The van der Waals surface area contributed by atoms with Crippen molar-refractivity contribution in [3.63, 3.8) is 0 Å². The van der Waals surface area contributed by atoms with Crippen molar-refractivity contribution in [3.8, 4) is 17.1 Å². The van der Waals surface area contributed by atoms with Crippen LogP contribution in [0.5, 0.6) is 0 Å². The second kappa shape index (κ2) is 7.91. The van der Waals surface area contributed by atoms with Gasteiger partial charge in [0.15, 0.2) is 0 Å². The van der Waals surface area contributed by atoms with Gasteiger partial charge in [-0.15, -0.1) is 0 Å². The maximum absolute atomic E-state index is 6.37. The van der Waals surface area contributed by atoms with Crippen LogP contribution in [-0.2, 0) is 0 Å². The summed E-state index contributed by atoms with van der Waals surface area (Å²) in [6.07, 6.45) is 2.29. The largest absolute Gasteiger partial charge is 0.456 e. The fraction of sp³-hybridized carbons (Fsp3) is 0.300. The molecule has 5 rings (SSSR count). The van der Waals surface area contributed by atoms with Crippen LogP contribution in [0.25, 0.3) is 39.0 Å². The standard InChI is InChI=1S/C30H33N2O/c1-18(2)23-12-8-9-14-25(23)30-31(17-21(6)32(30)19(3)4)28-20(5)16-26-24-13-10-11-15-27(24)33-29(26)22(28)7/h8-19H,1-7H3/q+1. The van der Waals surface area contributed by atoms with Gasteiger partial charge < -0.3 is 4.42 Å². The average molecular weight is 438 g/mol. The molecule has 0 fully saturated rings. The molecule has 3 heteroatoms. The number of furan rings is 1. The first-order valence-corrected chi connectivity index (χ1v) is 11.9. The Morgan fingerprint density at radius 3 is 2.27 bits per heavy atom. The lowest BCUT2D eigenvalue weighted by molar-refractivity contribution is -0.584. The number of benzene rings is 3. The zero-order valence-electron chi connectivity index (χ0n) is 20.7. The zero-order chi connectivity index (χ0) is 23.4. The molecule has 0 saturated heterocycles. The first kappa shape index (κ1) is 21.5. The number of rotatable bonds is 4. The Bertz CT molecular complexity index is 1500. The van der Waals surface area contributed by atoms with E-state index < -0.39 is 0 Å². The second-order valence-corrected chi connectivity index (χ2v) is 9.81. The highest BCUT2D eigenvalue weighted by Gasteiger charge is 2.31. The van der Waals surface area contributed by atoms with E-state index in [9.17, 15) is 0 Å². The second-order valence-electron chi connectivity index (χ2n) is 9.81. The van der Waals surface area contributed by atoms with Gasteiger partial charge in [0.05, 0.1) is 11.6 Å². The van der Waals surface area contributed by atoms with E-state index in [0.29, 0.717) is 12.0 Å². The third-order valence-corrected chi connectivity index (χ3v) is 6.80. The van der Waals surface area contributed by atoms with Gasteiger partial charge in [0.25, 0.3) is 5.82 Å². The van der Waals surface area contributed by atoms with Gasteiger partial charge in [0.1, 0.15) is 28.7 Å². The minimum Gasteiger partial charge on any atom is -0.456 e. The number of fused-ring (bicyclic) bond motifs is 3. The van der Waals surface area contributed by atoms with Crippen molar-refractivity contribution in [3.05, 3.63) is 83.2 Å². The summed E-state index contributed by atoms with van der Waals surface area (Å²) >= 11 is 0. The highest BCUT2D eigenvalue weighted by molar-refractivity contribution is 6.06. The Labute approximate surface area is 196 Å². The topological polar surface area (TPSA) is 21.9 Å². The number of imidazole rings is 1. The fourth-order valence-electron chi connectivity index (χ4n) is 5.43. The van der Waals surface area contributed by atoms with Crippen LogP contribution in [0.2, 0.25) is 0 Å². The van der Waals surface area contributed by atoms with Crippen LogP contribution < -0.4 is 4.57 Å². The Kier molecular flexibility index (Phi) is 5.16. The van der Waals surface area contributed by atoms with Gasteiger partial charge in [-0.3, -0.25) is 0 Å². The highest BCUT2D eigenvalue weighted by Crippen LogP contribution is 2.36. The summed E-state index contributed by atoms with van der Waals surface area (Å²) in [5.74, 6) is 1.67. The third kappa shape index (κ3) is 3.30. The molecule has 0 amide bonds. The molecule has 0 saturated carbocycles. The lowest BCUT2D eigenvalue weighted by atomic mass is 9.96. The normalized spacial score (nSPS) is 12.0. The maximum Gasteiger partial charge on any atom is 0.294 e. The molecule has 0 aliphatic carbocycles. The molecule has 0 N–H and O–H groups in total.